The maximum atomic E-state index is 10.8. The van der Waals surface area contributed by atoms with Crippen LogP contribution in [0, 0.1) is 5.92 Å². The van der Waals surface area contributed by atoms with E-state index >= 15 is 0 Å². The van der Waals surface area contributed by atoms with Crippen molar-refractivity contribution in [2.75, 3.05) is 6.61 Å². The predicted octanol–water partition coefficient (Wildman–Crippen LogP) is 4.22. The van der Waals surface area contributed by atoms with Gasteiger partial charge in [-0.05, 0) is 42.4 Å². The Kier molecular flexibility index (Phi) is 5.45. The molecule has 0 aromatic heterocycles. The van der Waals surface area contributed by atoms with Gasteiger partial charge in [-0.2, -0.15) is 0 Å². The van der Waals surface area contributed by atoms with Crippen LogP contribution in [0.2, 0.25) is 0 Å². The fourth-order valence-electron chi connectivity index (χ4n) is 2.86. The van der Waals surface area contributed by atoms with Crippen molar-refractivity contribution >= 4 is 5.97 Å². The Bertz CT molecular complexity index is 436. The maximum absolute atomic E-state index is 10.8. The third kappa shape index (κ3) is 4.55. The highest BCUT2D eigenvalue weighted by Crippen LogP contribution is 2.26. The number of carbonyl (C=O) groups is 1. The Morgan fingerprint density at radius 1 is 1.35 bits per heavy atom. The molecule has 0 bridgehead atoms. The predicted molar refractivity (Wildman–Crippen MR) is 79.2 cm³/mol. The Morgan fingerprint density at radius 3 is 2.80 bits per heavy atom. The zero-order chi connectivity index (χ0) is 14.4. The SMILES string of the molecule is CC(CC(=O)O)c1cccc(OCC2CCCCC2)c1. The van der Waals surface area contributed by atoms with Crippen LogP contribution in [0.25, 0.3) is 0 Å². The Balaban J connectivity index is 1.89. The molecule has 1 fully saturated rings. The Labute approximate surface area is 121 Å². The molecule has 1 atom stereocenters. The molecule has 1 unspecified atom stereocenters. The van der Waals surface area contributed by atoms with Crippen LogP contribution >= 0.6 is 0 Å². The van der Waals surface area contributed by atoms with Gasteiger partial charge in [-0.25, -0.2) is 0 Å². The molecule has 20 heavy (non-hydrogen) atoms. The Hall–Kier alpha value is -1.51. The van der Waals surface area contributed by atoms with Crippen molar-refractivity contribution in [3.05, 3.63) is 29.8 Å². The van der Waals surface area contributed by atoms with E-state index in [0.29, 0.717) is 5.92 Å². The van der Waals surface area contributed by atoms with Crippen molar-refractivity contribution in [2.24, 2.45) is 5.92 Å². The molecule has 1 aliphatic carbocycles. The van der Waals surface area contributed by atoms with E-state index in [-0.39, 0.29) is 12.3 Å². The molecule has 0 heterocycles. The summed E-state index contributed by atoms with van der Waals surface area (Å²) in [5, 5.41) is 8.86. The van der Waals surface area contributed by atoms with Gasteiger partial charge in [0.1, 0.15) is 5.75 Å². The van der Waals surface area contributed by atoms with Crippen molar-refractivity contribution in [1.29, 1.82) is 0 Å². The second kappa shape index (κ2) is 7.32. The first-order chi connectivity index (χ1) is 9.65. The van der Waals surface area contributed by atoms with Crippen LogP contribution in [0.5, 0.6) is 5.75 Å². The normalized spacial score (nSPS) is 17.6. The fraction of sp³-hybridized carbons (Fsp3) is 0.588. The summed E-state index contributed by atoms with van der Waals surface area (Å²) < 4.78 is 5.89. The lowest BCUT2D eigenvalue weighted by molar-refractivity contribution is -0.137. The number of aliphatic carboxylic acids is 1. The van der Waals surface area contributed by atoms with Crippen molar-refractivity contribution in [3.8, 4) is 5.75 Å². The van der Waals surface area contributed by atoms with Crippen LogP contribution in [-0.4, -0.2) is 17.7 Å². The summed E-state index contributed by atoms with van der Waals surface area (Å²) >= 11 is 0. The summed E-state index contributed by atoms with van der Waals surface area (Å²) in [6.45, 7) is 2.73. The third-order valence-corrected chi connectivity index (χ3v) is 4.12. The molecule has 1 aromatic rings. The summed E-state index contributed by atoms with van der Waals surface area (Å²) in [4.78, 5) is 10.8. The van der Waals surface area contributed by atoms with Crippen LogP contribution < -0.4 is 4.74 Å². The standard InChI is InChI=1S/C17H24O3/c1-13(10-17(18)19)15-8-5-9-16(11-15)20-12-14-6-3-2-4-7-14/h5,8-9,11,13-14H,2-4,6-7,10,12H2,1H3,(H,18,19). The van der Waals surface area contributed by atoms with Crippen LogP contribution in [0.3, 0.4) is 0 Å². The first-order valence-corrected chi connectivity index (χ1v) is 7.59. The summed E-state index contributed by atoms with van der Waals surface area (Å²) in [6, 6.07) is 7.86. The number of benzene rings is 1. The minimum atomic E-state index is -0.758. The molecule has 0 radical (unpaired) electrons. The van der Waals surface area contributed by atoms with Gasteiger partial charge in [0.2, 0.25) is 0 Å². The quantitative estimate of drug-likeness (QED) is 0.846. The second-order valence-electron chi connectivity index (χ2n) is 5.89. The van der Waals surface area contributed by atoms with Gasteiger partial charge in [0, 0.05) is 0 Å². The van der Waals surface area contributed by atoms with Crippen molar-refractivity contribution < 1.29 is 14.6 Å². The largest absolute Gasteiger partial charge is 0.493 e. The van der Waals surface area contributed by atoms with E-state index in [2.05, 4.69) is 0 Å². The second-order valence-corrected chi connectivity index (χ2v) is 5.89. The maximum Gasteiger partial charge on any atom is 0.303 e. The first-order valence-electron chi connectivity index (χ1n) is 7.59. The van der Waals surface area contributed by atoms with Gasteiger partial charge in [0.05, 0.1) is 13.0 Å². The first kappa shape index (κ1) is 14.9. The van der Waals surface area contributed by atoms with Gasteiger partial charge < -0.3 is 9.84 Å². The van der Waals surface area contributed by atoms with E-state index in [0.717, 1.165) is 17.9 Å². The molecular formula is C17H24O3. The molecule has 110 valence electrons. The molecule has 0 amide bonds. The lowest BCUT2D eigenvalue weighted by Gasteiger charge is -2.22. The van der Waals surface area contributed by atoms with Gasteiger partial charge in [-0.1, -0.05) is 38.3 Å². The van der Waals surface area contributed by atoms with Crippen molar-refractivity contribution in [1.82, 2.24) is 0 Å². The molecule has 0 aliphatic heterocycles. The molecule has 1 saturated carbocycles. The summed E-state index contributed by atoms with van der Waals surface area (Å²) in [7, 11) is 0. The smallest absolute Gasteiger partial charge is 0.303 e. The van der Waals surface area contributed by atoms with E-state index in [1.54, 1.807) is 0 Å². The Morgan fingerprint density at radius 2 is 2.10 bits per heavy atom. The number of carboxylic acids is 1. The van der Waals surface area contributed by atoms with Gasteiger partial charge in [-0.3, -0.25) is 4.79 Å². The lowest BCUT2D eigenvalue weighted by atomic mass is 9.90. The topological polar surface area (TPSA) is 46.5 Å². The molecule has 1 aliphatic rings. The zero-order valence-corrected chi connectivity index (χ0v) is 12.2. The average Bonchev–Trinajstić information content (AvgIpc) is 2.46. The zero-order valence-electron chi connectivity index (χ0n) is 12.2. The van der Waals surface area contributed by atoms with E-state index in [1.165, 1.54) is 32.1 Å². The molecule has 1 N–H and O–H groups in total. The van der Waals surface area contributed by atoms with Gasteiger partial charge in [-0.15, -0.1) is 0 Å². The van der Waals surface area contributed by atoms with Crippen molar-refractivity contribution in [2.45, 2.75) is 51.4 Å². The molecular weight excluding hydrogens is 252 g/mol. The number of rotatable bonds is 6. The van der Waals surface area contributed by atoms with E-state index in [9.17, 15) is 4.79 Å². The molecule has 0 spiro atoms. The van der Waals surface area contributed by atoms with E-state index in [4.69, 9.17) is 9.84 Å². The lowest BCUT2D eigenvalue weighted by Crippen LogP contribution is -2.15. The van der Waals surface area contributed by atoms with Gasteiger partial charge in [0.15, 0.2) is 0 Å². The molecule has 1 aromatic carbocycles. The number of carboxylic acid groups (broad SMARTS) is 1. The van der Waals surface area contributed by atoms with Gasteiger partial charge in [0.25, 0.3) is 0 Å². The van der Waals surface area contributed by atoms with Crippen LogP contribution in [0.15, 0.2) is 24.3 Å². The number of ether oxygens (including phenoxy) is 1. The monoisotopic (exact) mass is 276 g/mol. The summed E-state index contributed by atoms with van der Waals surface area (Å²) in [5.74, 6) is 0.811. The highest BCUT2D eigenvalue weighted by Gasteiger charge is 2.15. The van der Waals surface area contributed by atoms with Gasteiger partial charge >= 0.3 is 5.97 Å². The van der Waals surface area contributed by atoms with Crippen molar-refractivity contribution in [3.63, 3.8) is 0 Å². The van der Waals surface area contributed by atoms with E-state index in [1.807, 2.05) is 31.2 Å². The fourth-order valence-corrected chi connectivity index (χ4v) is 2.86. The molecule has 3 nitrogen and oxygen atoms in total. The highest BCUT2D eigenvalue weighted by atomic mass is 16.5. The minimum absolute atomic E-state index is 0.0192. The molecule has 0 saturated heterocycles. The van der Waals surface area contributed by atoms with Crippen LogP contribution in [0.1, 0.15) is 56.9 Å². The van der Waals surface area contributed by atoms with E-state index < -0.39 is 5.97 Å². The molecule has 3 heteroatoms. The summed E-state index contributed by atoms with van der Waals surface area (Å²) in [5.41, 5.74) is 1.04. The average molecular weight is 276 g/mol. The highest BCUT2D eigenvalue weighted by molar-refractivity contribution is 5.68. The minimum Gasteiger partial charge on any atom is -0.493 e. The van der Waals surface area contributed by atoms with Crippen LogP contribution in [-0.2, 0) is 4.79 Å². The van der Waals surface area contributed by atoms with Crippen LogP contribution in [0.4, 0.5) is 0 Å². The third-order valence-electron chi connectivity index (χ3n) is 4.12. The number of hydrogen-bond donors (Lipinski definition) is 1. The number of hydrogen-bond acceptors (Lipinski definition) is 2. The molecule has 2 rings (SSSR count). The summed E-state index contributed by atoms with van der Waals surface area (Å²) in [6.07, 6.45) is 6.71.